The third kappa shape index (κ3) is 7.23. The van der Waals surface area contributed by atoms with Crippen LogP contribution in [-0.2, 0) is 0 Å². The van der Waals surface area contributed by atoms with E-state index in [4.69, 9.17) is 6.42 Å². The normalized spacial score (nSPS) is 11.1. The van der Waals surface area contributed by atoms with Crippen LogP contribution in [0.5, 0.6) is 0 Å². The van der Waals surface area contributed by atoms with Gasteiger partial charge in [0.2, 0.25) is 0 Å². The molecule has 65 valence electrons. The Balaban J connectivity index is 3.44. The van der Waals surface area contributed by atoms with E-state index in [1.54, 1.807) is 0 Å². The van der Waals surface area contributed by atoms with Crippen LogP contribution in [-0.4, -0.2) is 0 Å². The van der Waals surface area contributed by atoms with Crippen molar-refractivity contribution in [2.75, 3.05) is 0 Å². The molecule has 0 N–H and O–H groups in total. The molecule has 1 unspecified atom stereocenters. The molecule has 0 aromatic heterocycles. The van der Waals surface area contributed by atoms with Crippen molar-refractivity contribution in [3.63, 3.8) is 0 Å². The third-order valence-corrected chi connectivity index (χ3v) is 1.60. The standard InChI is InChI=1S/C12H17/c1-4-6-8-9-11-12(3)10-7-5-2/h2,12H,3-4,6-8,10H2,1H3. The summed E-state index contributed by atoms with van der Waals surface area (Å²) < 4.78 is 0. The molecule has 0 aromatic carbocycles. The molecular formula is C12H17. The molecule has 0 saturated carbocycles. The lowest BCUT2D eigenvalue weighted by Gasteiger charge is -1.97. The third-order valence-electron chi connectivity index (χ3n) is 1.60. The van der Waals surface area contributed by atoms with Crippen LogP contribution in [0.4, 0.5) is 0 Å². The summed E-state index contributed by atoms with van der Waals surface area (Å²) in [7, 11) is 0. The average molecular weight is 161 g/mol. The van der Waals surface area contributed by atoms with Gasteiger partial charge in [-0.2, -0.15) is 0 Å². The van der Waals surface area contributed by atoms with E-state index in [0.29, 0.717) is 0 Å². The summed E-state index contributed by atoms with van der Waals surface area (Å²) >= 11 is 0. The van der Waals surface area contributed by atoms with Crippen LogP contribution < -0.4 is 0 Å². The SMILES string of the molecule is C#CCCC([CH2])C#CCCCC. The molecule has 0 amide bonds. The van der Waals surface area contributed by atoms with Gasteiger partial charge in [0.25, 0.3) is 0 Å². The van der Waals surface area contributed by atoms with E-state index in [1.165, 1.54) is 12.8 Å². The van der Waals surface area contributed by atoms with Crippen molar-refractivity contribution in [1.29, 1.82) is 0 Å². The van der Waals surface area contributed by atoms with Gasteiger partial charge in [-0.15, -0.1) is 18.3 Å². The van der Waals surface area contributed by atoms with Crippen molar-refractivity contribution in [3.8, 4) is 24.2 Å². The first-order chi connectivity index (χ1) is 5.81. The van der Waals surface area contributed by atoms with Crippen molar-refractivity contribution >= 4 is 0 Å². The van der Waals surface area contributed by atoms with E-state index < -0.39 is 0 Å². The van der Waals surface area contributed by atoms with Gasteiger partial charge in [0, 0.05) is 18.8 Å². The minimum absolute atomic E-state index is 0.220. The molecule has 0 rings (SSSR count). The van der Waals surface area contributed by atoms with E-state index in [0.717, 1.165) is 19.3 Å². The summed E-state index contributed by atoms with van der Waals surface area (Å²) in [4.78, 5) is 0. The summed E-state index contributed by atoms with van der Waals surface area (Å²) in [6, 6.07) is 0. The Hall–Kier alpha value is -0.880. The molecule has 0 heteroatoms. The van der Waals surface area contributed by atoms with Crippen molar-refractivity contribution < 1.29 is 0 Å². The molecule has 0 aromatic rings. The largest absolute Gasteiger partial charge is 0.120 e. The Morgan fingerprint density at radius 1 is 1.42 bits per heavy atom. The van der Waals surface area contributed by atoms with Crippen LogP contribution in [0.15, 0.2) is 0 Å². The van der Waals surface area contributed by atoms with Gasteiger partial charge >= 0.3 is 0 Å². The number of terminal acetylenes is 1. The average Bonchev–Trinajstić information content (AvgIpc) is 2.09. The maximum atomic E-state index is 5.13. The Morgan fingerprint density at radius 3 is 2.75 bits per heavy atom. The van der Waals surface area contributed by atoms with Gasteiger partial charge in [-0.25, -0.2) is 0 Å². The Bertz CT molecular complexity index is 184. The highest BCUT2D eigenvalue weighted by Crippen LogP contribution is 2.02. The zero-order valence-electron chi connectivity index (χ0n) is 7.90. The summed E-state index contributed by atoms with van der Waals surface area (Å²) in [6.45, 7) is 6.07. The maximum absolute atomic E-state index is 5.13. The van der Waals surface area contributed by atoms with Gasteiger partial charge in [-0.05, 0) is 19.8 Å². The summed E-state index contributed by atoms with van der Waals surface area (Å²) in [5.41, 5.74) is 0. The van der Waals surface area contributed by atoms with Gasteiger partial charge in [0.05, 0.1) is 0 Å². The van der Waals surface area contributed by atoms with Crippen LogP contribution in [0, 0.1) is 37.0 Å². The van der Waals surface area contributed by atoms with E-state index in [1.807, 2.05) is 0 Å². The molecule has 0 saturated heterocycles. The van der Waals surface area contributed by atoms with Crippen molar-refractivity contribution in [2.45, 2.75) is 39.0 Å². The predicted octanol–water partition coefficient (Wildman–Crippen LogP) is 3.04. The van der Waals surface area contributed by atoms with E-state index >= 15 is 0 Å². The fourth-order valence-corrected chi connectivity index (χ4v) is 0.811. The minimum Gasteiger partial charge on any atom is -0.120 e. The molecule has 0 aliphatic rings. The van der Waals surface area contributed by atoms with Crippen LogP contribution in [0.1, 0.15) is 39.0 Å². The van der Waals surface area contributed by atoms with E-state index in [-0.39, 0.29) is 5.92 Å². The van der Waals surface area contributed by atoms with Gasteiger partial charge in [0.1, 0.15) is 0 Å². The molecule has 0 aliphatic heterocycles. The highest BCUT2D eigenvalue weighted by atomic mass is 14.0. The lowest BCUT2D eigenvalue weighted by atomic mass is 10.1. The Labute approximate surface area is 76.8 Å². The van der Waals surface area contributed by atoms with Crippen LogP contribution >= 0.6 is 0 Å². The lowest BCUT2D eigenvalue weighted by Crippen LogP contribution is -1.88. The second kappa shape index (κ2) is 8.22. The first-order valence-corrected chi connectivity index (χ1v) is 4.56. The highest BCUT2D eigenvalue weighted by molar-refractivity contribution is 5.05. The molecule has 0 heterocycles. The molecular weight excluding hydrogens is 144 g/mol. The smallest absolute Gasteiger partial charge is 0.0212 e. The zero-order chi connectivity index (χ0) is 9.23. The second-order valence-corrected chi connectivity index (χ2v) is 2.86. The highest BCUT2D eigenvalue weighted by Gasteiger charge is 1.93. The molecule has 0 nitrogen and oxygen atoms in total. The lowest BCUT2D eigenvalue weighted by molar-refractivity contribution is 0.747. The fourth-order valence-electron chi connectivity index (χ4n) is 0.811. The molecule has 12 heavy (non-hydrogen) atoms. The number of hydrogen-bond acceptors (Lipinski definition) is 0. The predicted molar refractivity (Wildman–Crippen MR) is 54.2 cm³/mol. The van der Waals surface area contributed by atoms with E-state index in [2.05, 4.69) is 31.6 Å². The first-order valence-electron chi connectivity index (χ1n) is 4.56. The molecule has 0 aliphatic carbocycles. The monoisotopic (exact) mass is 161 g/mol. The van der Waals surface area contributed by atoms with Crippen molar-refractivity contribution in [3.05, 3.63) is 6.92 Å². The Kier molecular flexibility index (Phi) is 7.62. The molecule has 1 atom stereocenters. The van der Waals surface area contributed by atoms with Gasteiger partial charge in [-0.1, -0.05) is 19.3 Å². The van der Waals surface area contributed by atoms with Gasteiger partial charge < -0.3 is 0 Å². The second-order valence-electron chi connectivity index (χ2n) is 2.86. The number of rotatable bonds is 4. The molecule has 0 bridgehead atoms. The van der Waals surface area contributed by atoms with Gasteiger partial charge in [0.15, 0.2) is 0 Å². The summed E-state index contributed by atoms with van der Waals surface area (Å²) in [5.74, 6) is 9.02. The van der Waals surface area contributed by atoms with Crippen LogP contribution in [0.3, 0.4) is 0 Å². The minimum atomic E-state index is 0.220. The molecule has 0 spiro atoms. The van der Waals surface area contributed by atoms with Crippen molar-refractivity contribution in [1.82, 2.24) is 0 Å². The maximum Gasteiger partial charge on any atom is 0.0212 e. The zero-order valence-corrected chi connectivity index (χ0v) is 7.90. The van der Waals surface area contributed by atoms with Crippen LogP contribution in [0.25, 0.3) is 0 Å². The quantitative estimate of drug-likeness (QED) is 0.439. The number of unbranched alkanes of at least 4 members (excludes halogenated alkanes) is 2. The summed E-state index contributed by atoms with van der Waals surface area (Å²) in [5, 5.41) is 0. The Morgan fingerprint density at radius 2 is 2.17 bits per heavy atom. The molecule has 0 fully saturated rings. The fraction of sp³-hybridized carbons (Fsp3) is 0.583. The van der Waals surface area contributed by atoms with Crippen LogP contribution in [0.2, 0.25) is 0 Å². The van der Waals surface area contributed by atoms with E-state index in [9.17, 15) is 0 Å². The molecule has 1 radical (unpaired) electrons. The topological polar surface area (TPSA) is 0 Å². The summed E-state index contributed by atoms with van der Waals surface area (Å²) in [6.07, 6.45) is 10.2. The van der Waals surface area contributed by atoms with Gasteiger partial charge in [-0.3, -0.25) is 0 Å². The van der Waals surface area contributed by atoms with Crippen molar-refractivity contribution in [2.24, 2.45) is 5.92 Å². The first kappa shape index (κ1) is 11.1. The number of hydrogen-bond donors (Lipinski definition) is 0.